The molecule has 4 aromatic rings. The molecule has 3 aromatic carbocycles. The molecule has 2 N–H and O–H groups in total. The number of nitrogens with zero attached hydrogens (tertiary/aromatic N) is 3. The number of ether oxygens (including phenoxy) is 2. The Morgan fingerprint density at radius 3 is 2.50 bits per heavy atom. The van der Waals surface area contributed by atoms with E-state index >= 15 is 0 Å². The zero-order chi connectivity index (χ0) is 32.8. The highest BCUT2D eigenvalue weighted by molar-refractivity contribution is 6.32. The third-order valence-corrected chi connectivity index (χ3v) is 8.68. The molecule has 0 radical (unpaired) electrons. The first-order valence-electron chi connectivity index (χ1n) is 15.0. The molecule has 0 unspecified atom stereocenters. The van der Waals surface area contributed by atoms with E-state index in [1.165, 1.54) is 6.20 Å². The van der Waals surface area contributed by atoms with Crippen LogP contribution >= 0.6 is 11.6 Å². The van der Waals surface area contributed by atoms with Crippen LogP contribution in [0.1, 0.15) is 56.6 Å². The molecular formula is C36H35ClN4O5. The van der Waals surface area contributed by atoms with Crippen LogP contribution in [-0.4, -0.2) is 46.5 Å². The number of nitrogens with one attached hydrogen (secondary N) is 1. The van der Waals surface area contributed by atoms with Crippen LogP contribution in [0.4, 0.5) is 0 Å². The lowest BCUT2D eigenvalue weighted by Gasteiger charge is -2.23. The lowest BCUT2D eigenvalue weighted by Crippen LogP contribution is -2.35. The second-order valence-corrected chi connectivity index (χ2v) is 11.7. The average Bonchev–Trinajstić information content (AvgIpc) is 3.53. The molecule has 2 heterocycles. The van der Waals surface area contributed by atoms with Crippen molar-refractivity contribution in [2.24, 2.45) is 0 Å². The summed E-state index contributed by atoms with van der Waals surface area (Å²) in [5, 5.41) is 22.1. The van der Waals surface area contributed by atoms with Gasteiger partial charge in [0, 0.05) is 48.7 Å². The first kappa shape index (κ1) is 32.5. The molecule has 1 saturated heterocycles. The summed E-state index contributed by atoms with van der Waals surface area (Å²) in [6.45, 7) is 5.35. The van der Waals surface area contributed by atoms with Gasteiger partial charge in [0.15, 0.2) is 0 Å². The minimum absolute atomic E-state index is 0.134. The predicted molar refractivity (Wildman–Crippen MR) is 175 cm³/mol. The zero-order valence-electron chi connectivity index (χ0n) is 26.0. The number of aromatic nitrogens is 1. The van der Waals surface area contributed by atoms with Crippen LogP contribution in [0.15, 0.2) is 67.0 Å². The molecule has 1 aliphatic heterocycles. The summed E-state index contributed by atoms with van der Waals surface area (Å²) in [5.74, 6) is -0.0588. The number of rotatable bonds is 11. The van der Waals surface area contributed by atoms with Gasteiger partial charge in [0.25, 0.3) is 5.91 Å². The molecule has 0 saturated carbocycles. The van der Waals surface area contributed by atoms with Crippen LogP contribution in [-0.2, 0) is 24.6 Å². The number of carboxylic acids is 1. The average molecular weight is 639 g/mol. The largest absolute Gasteiger partial charge is 0.488 e. The Morgan fingerprint density at radius 1 is 1.02 bits per heavy atom. The molecule has 1 atom stereocenters. The summed E-state index contributed by atoms with van der Waals surface area (Å²) in [7, 11) is 1.62. The predicted octanol–water partition coefficient (Wildman–Crippen LogP) is 6.46. The van der Waals surface area contributed by atoms with Crippen LogP contribution in [0.3, 0.4) is 0 Å². The minimum atomic E-state index is -0.849. The van der Waals surface area contributed by atoms with E-state index in [1.54, 1.807) is 31.4 Å². The highest BCUT2D eigenvalue weighted by Crippen LogP contribution is 2.37. The summed E-state index contributed by atoms with van der Waals surface area (Å²) in [6, 6.07) is 18.4. The number of hydrogen-bond donors (Lipinski definition) is 2. The SMILES string of the molecule is CNC(=O)c1cccc(-c2cccc(COc3cc(OCc4cncc(C#N)c4)c(CN4CCC[C@H]4C(=O)O)cc3Cl)c2C)c1C. The Morgan fingerprint density at radius 2 is 1.76 bits per heavy atom. The van der Waals surface area contributed by atoms with Crippen molar-refractivity contribution >= 4 is 23.5 Å². The fourth-order valence-electron chi connectivity index (χ4n) is 5.84. The maximum absolute atomic E-state index is 12.4. The number of benzene rings is 3. The fraction of sp³-hybridized carbons (Fsp3) is 0.278. The lowest BCUT2D eigenvalue weighted by atomic mass is 9.91. The van der Waals surface area contributed by atoms with Gasteiger partial charge >= 0.3 is 5.97 Å². The molecule has 0 aliphatic carbocycles. The number of likely N-dealkylation sites (tertiary alicyclic amines) is 1. The molecule has 1 amide bonds. The second-order valence-electron chi connectivity index (χ2n) is 11.3. The summed E-state index contributed by atoms with van der Waals surface area (Å²) in [6.07, 6.45) is 4.50. The number of carboxylic acid groups (broad SMARTS) is 1. The van der Waals surface area contributed by atoms with Gasteiger partial charge in [-0.3, -0.25) is 19.5 Å². The van der Waals surface area contributed by atoms with Crippen molar-refractivity contribution in [3.05, 3.63) is 111 Å². The number of pyridine rings is 1. The standard InChI is InChI=1S/C36H35ClN4O5/c1-22-26(7-4-8-28(22)29-9-5-10-30(23(29)2)35(42)39-3)21-46-34-15-33(45-20-25-13-24(16-38)17-40-18-25)27(14-31(34)37)19-41-12-6-11-32(41)36(43)44/h4-5,7-10,13-15,17-18,32H,6,11-12,19-21H2,1-3H3,(H,39,42)(H,43,44)/t32-/m0/s1. The summed E-state index contributed by atoms with van der Waals surface area (Å²) in [4.78, 5) is 30.3. The lowest BCUT2D eigenvalue weighted by molar-refractivity contribution is -0.142. The molecule has 10 heteroatoms. The maximum atomic E-state index is 12.4. The zero-order valence-corrected chi connectivity index (χ0v) is 26.7. The van der Waals surface area contributed by atoms with Crippen molar-refractivity contribution in [1.29, 1.82) is 5.26 Å². The Hall–Kier alpha value is -4.91. The minimum Gasteiger partial charge on any atom is -0.488 e. The summed E-state index contributed by atoms with van der Waals surface area (Å²) >= 11 is 6.76. The molecule has 0 bridgehead atoms. The van der Waals surface area contributed by atoms with Crippen molar-refractivity contribution in [2.45, 2.75) is 52.5 Å². The monoisotopic (exact) mass is 638 g/mol. The number of carbonyl (C=O) groups excluding carboxylic acids is 1. The molecule has 46 heavy (non-hydrogen) atoms. The fourth-order valence-corrected chi connectivity index (χ4v) is 6.08. The number of nitriles is 1. The van der Waals surface area contributed by atoms with Crippen LogP contribution in [0, 0.1) is 25.2 Å². The van der Waals surface area contributed by atoms with Crippen molar-refractivity contribution in [3.8, 4) is 28.7 Å². The van der Waals surface area contributed by atoms with Crippen LogP contribution < -0.4 is 14.8 Å². The van der Waals surface area contributed by atoms with E-state index in [1.807, 2.05) is 55.1 Å². The number of aliphatic carboxylic acids is 1. The Bertz CT molecular complexity index is 1820. The van der Waals surface area contributed by atoms with E-state index < -0.39 is 12.0 Å². The van der Waals surface area contributed by atoms with E-state index in [2.05, 4.69) is 16.4 Å². The van der Waals surface area contributed by atoms with Gasteiger partial charge in [0.2, 0.25) is 0 Å². The highest BCUT2D eigenvalue weighted by atomic mass is 35.5. The number of halogens is 1. The molecule has 0 spiro atoms. The van der Waals surface area contributed by atoms with E-state index in [0.717, 1.165) is 45.4 Å². The van der Waals surface area contributed by atoms with Crippen molar-refractivity contribution in [3.63, 3.8) is 0 Å². The topological polar surface area (TPSA) is 125 Å². The first-order chi connectivity index (χ1) is 22.2. The first-order valence-corrected chi connectivity index (χ1v) is 15.4. The van der Waals surface area contributed by atoms with E-state index in [4.69, 9.17) is 21.1 Å². The van der Waals surface area contributed by atoms with Crippen LogP contribution in [0.2, 0.25) is 5.02 Å². The number of amides is 1. The third-order valence-electron chi connectivity index (χ3n) is 8.38. The van der Waals surface area contributed by atoms with Gasteiger partial charge in [-0.2, -0.15) is 5.26 Å². The Labute approximate surface area is 273 Å². The van der Waals surface area contributed by atoms with Gasteiger partial charge in [0.1, 0.15) is 36.8 Å². The van der Waals surface area contributed by atoms with Crippen molar-refractivity contribution in [2.75, 3.05) is 13.6 Å². The van der Waals surface area contributed by atoms with Gasteiger partial charge in [0.05, 0.1) is 10.6 Å². The smallest absolute Gasteiger partial charge is 0.320 e. The molecule has 9 nitrogen and oxygen atoms in total. The number of carbonyl (C=O) groups is 2. The van der Waals surface area contributed by atoms with Crippen molar-refractivity contribution in [1.82, 2.24) is 15.2 Å². The van der Waals surface area contributed by atoms with Gasteiger partial charge in [-0.25, -0.2) is 0 Å². The normalized spacial score (nSPS) is 14.5. The molecule has 5 rings (SSSR count). The molecule has 1 aromatic heterocycles. The van der Waals surface area contributed by atoms with Gasteiger partial charge < -0.3 is 19.9 Å². The van der Waals surface area contributed by atoms with E-state index in [9.17, 15) is 20.0 Å². The van der Waals surface area contributed by atoms with Crippen LogP contribution in [0.25, 0.3) is 11.1 Å². The quantitative estimate of drug-likeness (QED) is 0.192. The molecule has 1 fully saturated rings. The maximum Gasteiger partial charge on any atom is 0.320 e. The van der Waals surface area contributed by atoms with Gasteiger partial charge in [-0.1, -0.05) is 41.9 Å². The summed E-state index contributed by atoms with van der Waals surface area (Å²) < 4.78 is 12.5. The summed E-state index contributed by atoms with van der Waals surface area (Å²) in [5.41, 5.74) is 7.33. The highest BCUT2D eigenvalue weighted by Gasteiger charge is 2.31. The molecule has 1 aliphatic rings. The Balaban J connectivity index is 1.42. The third kappa shape index (κ3) is 7.15. The van der Waals surface area contributed by atoms with Gasteiger partial charge in [-0.05, 0) is 79.3 Å². The molecular weight excluding hydrogens is 604 g/mol. The number of hydrogen-bond acceptors (Lipinski definition) is 7. The molecule has 236 valence electrons. The van der Waals surface area contributed by atoms with E-state index in [-0.39, 0.29) is 19.1 Å². The van der Waals surface area contributed by atoms with E-state index in [0.29, 0.717) is 47.2 Å². The Kier molecular flexibility index (Phi) is 10.2. The van der Waals surface area contributed by atoms with Crippen molar-refractivity contribution < 1.29 is 24.2 Å². The van der Waals surface area contributed by atoms with Crippen LogP contribution in [0.5, 0.6) is 11.5 Å². The second kappa shape index (κ2) is 14.5. The van der Waals surface area contributed by atoms with Gasteiger partial charge in [-0.15, -0.1) is 0 Å².